The maximum atomic E-state index is 6.13. The Hall–Kier alpha value is -0.470. The maximum Gasteiger partial charge on any atom is 0.147 e. The fourth-order valence-corrected chi connectivity index (χ4v) is 2.16. The van der Waals surface area contributed by atoms with Crippen molar-refractivity contribution in [1.29, 1.82) is 0 Å². The molecule has 0 unspecified atom stereocenters. The number of aromatic nitrogens is 1. The van der Waals surface area contributed by atoms with Crippen LogP contribution in [0.5, 0.6) is 0 Å². The van der Waals surface area contributed by atoms with Crippen LogP contribution in [0.15, 0.2) is 12.3 Å². The highest BCUT2D eigenvalue weighted by atomic mass is 35.5. The van der Waals surface area contributed by atoms with E-state index in [1.165, 1.54) is 12.8 Å². The molecule has 0 amide bonds. The monoisotopic (exact) mass is 230 g/mol. The maximum absolute atomic E-state index is 6.13. The first-order chi connectivity index (χ1) is 6.81. The standard InChI is InChI=1S/C10H12Cl2N2/c11-6-8-5-9(12)10(13-7-8)14-3-1-2-4-14/h5,7H,1-4,6H2. The van der Waals surface area contributed by atoms with E-state index < -0.39 is 0 Å². The molecule has 1 saturated heterocycles. The van der Waals surface area contributed by atoms with Crippen molar-refractivity contribution in [2.75, 3.05) is 18.0 Å². The van der Waals surface area contributed by atoms with Crippen LogP contribution in [0.3, 0.4) is 0 Å². The van der Waals surface area contributed by atoms with Gasteiger partial charge < -0.3 is 4.90 Å². The Bertz CT molecular complexity index is 322. The molecule has 1 aromatic rings. The second kappa shape index (κ2) is 4.37. The first-order valence-electron chi connectivity index (χ1n) is 4.76. The predicted octanol–water partition coefficient (Wildman–Crippen LogP) is 3.07. The summed E-state index contributed by atoms with van der Waals surface area (Å²) in [4.78, 5) is 6.56. The SMILES string of the molecule is ClCc1cnc(N2CCCC2)c(Cl)c1. The van der Waals surface area contributed by atoms with Crippen molar-refractivity contribution in [3.63, 3.8) is 0 Å². The van der Waals surface area contributed by atoms with Crippen molar-refractivity contribution in [3.8, 4) is 0 Å². The van der Waals surface area contributed by atoms with E-state index in [1.54, 1.807) is 6.20 Å². The van der Waals surface area contributed by atoms with Crippen LogP contribution in [0.4, 0.5) is 5.82 Å². The molecular weight excluding hydrogens is 219 g/mol. The van der Waals surface area contributed by atoms with Crippen molar-refractivity contribution < 1.29 is 0 Å². The van der Waals surface area contributed by atoms with Crippen molar-refractivity contribution in [3.05, 3.63) is 22.8 Å². The minimum atomic E-state index is 0.465. The molecule has 0 radical (unpaired) electrons. The van der Waals surface area contributed by atoms with E-state index in [-0.39, 0.29) is 0 Å². The van der Waals surface area contributed by atoms with Gasteiger partial charge in [0, 0.05) is 25.2 Å². The normalized spacial score (nSPS) is 16.3. The Labute approximate surface area is 93.8 Å². The second-order valence-electron chi connectivity index (χ2n) is 3.48. The lowest BCUT2D eigenvalue weighted by atomic mass is 10.3. The molecule has 2 nitrogen and oxygen atoms in total. The quantitative estimate of drug-likeness (QED) is 0.727. The van der Waals surface area contributed by atoms with Gasteiger partial charge in [0.15, 0.2) is 0 Å². The molecule has 0 bridgehead atoms. The zero-order valence-electron chi connectivity index (χ0n) is 7.84. The summed E-state index contributed by atoms with van der Waals surface area (Å²) in [5, 5.41) is 0.713. The Morgan fingerprint density at radius 1 is 1.36 bits per heavy atom. The average Bonchev–Trinajstić information content (AvgIpc) is 2.70. The topological polar surface area (TPSA) is 16.1 Å². The van der Waals surface area contributed by atoms with Gasteiger partial charge in [-0.05, 0) is 24.5 Å². The van der Waals surface area contributed by atoms with Crippen molar-refractivity contribution in [1.82, 2.24) is 4.98 Å². The largest absolute Gasteiger partial charge is 0.355 e. The molecule has 76 valence electrons. The number of pyridine rings is 1. The number of hydrogen-bond donors (Lipinski definition) is 0. The van der Waals surface area contributed by atoms with E-state index in [2.05, 4.69) is 9.88 Å². The number of hydrogen-bond acceptors (Lipinski definition) is 2. The van der Waals surface area contributed by atoms with E-state index in [0.29, 0.717) is 10.9 Å². The van der Waals surface area contributed by atoms with E-state index in [0.717, 1.165) is 24.5 Å². The lowest BCUT2D eigenvalue weighted by Gasteiger charge is -2.17. The van der Waals surface area contributed by atoms with Crippen molar-refractivity contribution in [2.24, 2.45) is 0 Å². The van der Waals surface area contributed by atoms with Crippen LogP contribution in [-0.2, 0) is 5.88 Å². The average molecular weight is 231 g/mol. The zero-order chi connectivity index (χ0) is 9.97. The number of anilines is 1. The van der Waals surface area contributed by atoms with Gasteiger partial charge in [-0.2, -0.15) is 0 Å². The van der Waals surface area contributed by atoms with Crippen LogP contribution >= 0.6 is 23.2 Å². The molecule has 0 aliphatic carbocycles. The van der Waals surface area contributed by atoms with Gasteiger partial charge in [0.25, 0.3) is 0 Å². The second-order valence-corrected chi connectivity index (χ2v) is 4.15. The highest BCUT2D eigenvalue weighted by molar-refractivity contribution is 6.33. The summed E-state index contributed by atoms with van der Waals surface area (Å²) in [5.41, 5.74) is 0.972. The Morgan fingerprint density at radius 2 is 2.07 bits per heavy atom. The van der Waals surface area contributed by atoms with Gasteiger partial charge >= 0.3 is 0 Å². The Kier molecular flexibility index (Phi) is 3.14. The molecular formula is C10H12Cl2N2. The predicted molar refractivity (Wildman–Crippen MR) is 60.3 cm³/mol. The third-order valence-corrected chi connectivity index (χ3v) is 3.03. The first kappa shape index (κ1) is 10.1. The van der Waals surface area contributed by atoms with Gasteiger partial charge in [0.05, 0.1) is 5.02 Å². The fourth-order valence-electron chi connectivity index (χ4n) is 1.71. The molecule has 0 aromatic carbocycles. The van der Waals surface area contributed by atoms with Gasteiger partial charge in [-0.3, -0.25) is 0 Å². The van der Waals surface area contributed by atoms with Crippen LogP contribution in [0.1, 0.15) is 18.4 Å². The highest BCUT2D eigenvalue weighted by Crippen LogP contribution is 2.27. The van der Waals surface area contributed by atoms with Gasteiger partial charge in [0.1, 0.15) is 5.82 Å². The van der Waals surface area contributed by atoms with Crippen LogP contribution in [0.25, 0.3) is 0 Å². The summed E-state index contributed by atoms with van der Waals surface area (Å²) in [5.74, 6) is 1.37. The lowest BCUT2D eigenvalue weighted by molar-refractivity contribution is 0.935. The third-order valence-electron chi connectivity index (χ3n) is 2.44. The zero-order valence-corrected chi connectivity index (χ0v) is 9.35. The molecule has 1 aromatic heterocycles. The molecule has 2 rings (SSSR count). The van der Waals surface area contributed by atoms with Crippen molar-refractivity contribution in [2.45, 2.75) is 18.7 Å². The smallest absolute Gasteiger partial charge is 0.147 e. The minimum Gasteiger partial charge on any atom is -0.355 e. The molecule has 1 aliphatic rings. The van der Waals surface area contributed by atoms with Crippen LogP contribution in [0, 0.1) is 0 Å². The van der Waals surface area contributed by atoms with E-state index >= 15 is 0 Å². The number of rotatable bonds is 2. The van der Waals surface area contributed by atoms with Crippen LogP contribution in [-0.4, -0.2) is 18.1 Å². The van der Waals surface area contributed by atoms with Crippen LogP contribution in [0.2, 0.25) is 5.02 Å². The van der Waals surface area contributed by atoms with E-state index in [9.17, 15) is 0 Å². The molecule has 0 spiro atoms. The number of nitrogens with zero attached hydrogens (tertiary/aromatic N) is 2. The number of halogens is 2. The number of alkyl halides is 1. The Balaban J connectivity index is 2.25. The van der Waals surface area contributed by atoms with E-state index in [1.807, 2.05) is 6.07 Å². The molecule has 14 heavy (non-hydrogen) atoms. The van der Waals surface area contributed by atoms with Gasteiger partial charge in [0.2, 0.25) is 0 Å². The molecule has 1 aliphatic heterocycles. The summed E-state index contributed by atoms with van der Waals surface area (Å²) >= 11 is 11.8. The van der Waals surface area contributed by atoms with Gasteiger partial charge in [-0.1, -0.05) is 11.6 Å². The molecule has 2 heterocycles. The summed E-state index contributed by atoms with van der Waals surface area (Å²) in [7, 11) is 0. The Morgan fingerprint density at radius 3 is 2.64 bits per heavy atom. The van der Waals surface area contributed by atoms with Gasteiger partial charge in [-0.15, -0.1) is 11.6 Å². The molecule has 0 saturated carbocycles. The van der Waals surface area contributed by atoms with E-state index in [4.69, 9.17) is 23.2 Å². The van der Waals surface area contributed by atoms with Crippen molar-refractivity contribution >= 4 is 29.0 Å². The summed E-state index contributed by atoms with van der Waals surface area (Å²) in [6.07, 6.45) is 4.26. The fraction of sp³-hybridized carbons (Fsp3) is 0.500. The lowest BCUT2D eigenvalue weighted by Crippen LogP contribution is -2.19. The molecule has 0 N–H and O–H groups in total. The molecule has 4 heteroatoms. The summed E-state index contributed by atoms with van der Waals surface area (Å²) < 4.78 is 0. The van der Waals surface area contributed by atoms with Gasteiger partial charge in [-0.25, -0.2) is 4.98 Å². The molecule has 0 atom stereocenters. The first-order valence-corrected chi connectivity index (χ1v) is 5.68. The molecule has 1 fully saturated rings. The van der Waals surface area contributed by atoms with Crippen LogP contribution < -0.4 is 4.90 Å². The summed E-state index contributed by atoms with van der Waals surface area (Å²) in [6, 6.07) is 1.90. The minimum absolute atomic E-state index is 0.465. The highest BCUT2D eigenvalue weighted by Gasteiger charge is 2.16. The summed E-state index contributed by atoms with van der Waals surface area (Å²) in [6.45, 7) is 2.12. The third kappa shape index (κ3) is 1.96.